The lowest BCUT2D eigenvalue weighted by molar-refractivity contribution is -0.123. The Hall–Kier alpha value is -0.610. The maximum Gasteiger partial charge on any atom is 0.221 e. The summed E-state index contributed by atoms with van der Waals surface area (Å²) in [6.07, 6.45) is 7.10. The molecule has 2 fully saturated rings. The number of rotatable bonds is 8. The predicted octanol–water partition coefficient (Wildman–Crippen LogP) is 0.843. The van der Waals surface area contributed by atoms with Gasteiger partial charge in [-0.15, -0.1) is 24.0 Å². The van der Waals surface area contributed by atoms with Crippen LogP contribution in [0.15, 0.2) is 4.99 Å². The lowest BCUT2D eigenvalue weighted by atomic mass is 9.97. The van der Waals surface area contributed by atoms with Crippen molar-refractivity contribution in [1.82, 2.24) is 20.4 Å². The molecule has 1 amide bonds. The number of hydrogen-bond donors (Lipinski definition) is 3. The van der Waals surface area contributed by atoms with E-state index in [9.17, 15) is 4.79 Å². The quantitative estimate of drug-likeness (QED) is 0.208. The van der Waals surface area contributed by atoms with Crippen LogP contribution in [0.2, 0.25) is 0 Å². The van der Waals surface area contributed by atoms with Crippen LogP contribution < -0.4 is 16.4 Å². The first-order valence-corrected chi connectivity index (χ1v) is 9.87. The minimum absolute atomic E-state index is 0. The number of hydrogen-bond acceptors (Lipinski definition) is 4. The van der Waals surface area contributed by atoms with Gasteiger partial charge in [-0.1, -0.05) is 6.42 Å². The fourth-order valence-electron chi connectivity index (χ4n) is 3.74. The number of nitrogens with one attached hydrogen (secondary N) is 2. The summed E-state index contributed by atoms with van der Waals surface area (Å²) >= 11 is 0. The highest BCUT2D eigenvalue weighted by Gasteiger charge is 2.23. The molecule has 0 aromatic heterocycles. The van der Waals surface area contributed by atoms with Gasteiger partial charge >= 0.3 is 0 Å². The smallest absolute Gasteiger partial charge is 0.221 e. The van der Waals surface area contributed by atoms with Crippen LogP contribution in [0, 0.1) is 5.92 Å². The number of piperidine rings is 2. The number of nitrogens with two attached hydrogens (primary N) is 1. The molecule has 1 atom stereocenters. The second-order valence-electron chi connectivity index (χ2n) is 7.22. The van der Waals surface area contributed by atoms with E-state index in [1.165, 1.54) is 32.4 Å². The van der Waals surface area contributed by atoms with Crippen LogP contribution in [0.3, 0.4) is 0 Å². The third kappa shape index (κ3) is 8.85. The van der Waals surface area contributed by atoms with Gasteiger partial charge in [-0.25, -0.2) is 0 Å². The first-order valence-electron chi connectivity index (χ1n) is 9.87. The molecule has 2 aliphatic rings. The van der Waals surface area contributed by atoms with Crippen LogP contribution in [0.25, 0.3) is 0 Å². The topological polar surface area (TPSA) is 86.0 Å². The Labute approximate surface area is 175 Å². The van der Waals surface area contributed by atoms with Gasteiger partial charge in [0.15, 0.2) is 5.96 Å². The molecule has 2 saturated heterocycles. The molecule has 0 saturated carbocycles. The van der Waals surface area contributed by atoms with Crippen LogP contribution in [0.1, 0.15) is 38.5 Å². The van der Waals surface area contributed by atoms with E-state index in [2.05, 4.69) is 25.4 Å². The van der Waals surface area contributed by atoms with E-state index in [0.717, 1.165) is 64.5 Å². The summed E-state index contributed by atoms with van der Waals surface area (Å²) < 4.78 is 0. The maximum absolute atomic E-state index is 11.3. The number of primary amides is 1. The zero-order chi connectivity index (χ0) is 17.9. The minimum Gasteiger partial charge on any atom is -0.369 e. The summed E-state index contributed by atoms with van der Waals surface area (Å²) in [4.78, 5) is 20.5. The molecule has 0 spiro atoms. The van der Waals surface area contributed by atoms with E-state index in [1.54, 1.807) is 0 Å². The molecule has 0 radical (unpaired) electrons. The third-order valence-electron chi connectivity index (χ3n) is 5.24. The van der Waals surface area contributed by atoms with E-state index >= 15 is 0 Å². The molecular weight excluding hydrogens is 443 g/mol. The maximum atomic E-state index is 11.3. The summed E-state index contributed by atoms with van der Waals surface area (Å²) in [6.45, 7) is 8.27. The van der Waals surface area contributed by atoms with Crippen LogP contribution in [0.4, 0.5) is 0 Å². The Kier molecular flexibility index (Phi) is 12.2. The number of carbonyl (C=O) groups is 1. The molecule has 2 aliphatic heterocycles. The number of amides is 1. The van der Waals surface area contributed by atoms with Gasteiger partial charge in [-0.2, -0.15) is 0 Å². The number of carbonyl (C=O) groups excluding carboxylic acids is 1. The van der Waals surface area contributed by atoms with E-state index in [1.807, 2.05) is 7.05 Å². The van der Waals surface area contributed by atoms with Crippen molar-refractivity contribution < 1.29 is 4.79 Å². The summed E-state index contributed by atoms with van der Waals surface area (Å²) in [7, 11) is 1.82. The van der Waals surface area contributed by atoms with Gasteiger partial charge < -0.3 is 26.2 Å². The molecule has 4 N–H and O–H groups in total. The number of nitrogens with zero attached hydrogens (tertiary/aromatic N) is 3. The Balaban J connectivity index is 0.00000338. The molecule has 7 nitrogen and oxygen atoms in total. The number of aliphatic imine (C=N–C) groups is 1. The van der Waals surface area contributed by atoms with Gasteiger partial charge in [0.2, 0.25) is 5.91 Å². The summed E-state index contributed by atoms with van der Waals surface area (Å²) in [5.41, 5.74) is 5.44. The van der Waals surface area contributed by atoms with Gasteiger partial charge in [-0.3, -0.25) is 9.79 Å². The van der Waals surface area contributed by atoms with Crippen LogP contribution in [-0.2, 0) is 4.79 Å². The third-order valence-corrected chi connectivity index (χ3v) is 5.24. The lowest BCUT2D eigenvalue weighted by Crippen LogP contribution is -2.44. The van der Waals surface area contributed by atoms with Crippen LogP contribution in [0.5, 0.6) is 0 Å². The average molecular weight is 480 g/mol. The second-order valence-corrected chi connectivity index (χ2v) is 7.22. The zero-order valence-corrected chi connectivity index (χ0v) is 18.5. The van der Waals surface area contributed by atoms with Crippen molar-refractivity contribution in [3.05, 3.63) is 0 Å². The van der Waals surface area contributed by atoms with Crippen molar-refractivity contribution >= 4 is 35.8 Å². The van der Waals surface area contributed by atoms with Crippen molar-refractivity contribution in [2.24, 2.45) is 16.6 Å². The van der Waals surface area contributed by atoms with Gasteiger partial charge in [0.05, 0.1) is 5.92 Å². The average Bonchev–Trinajstić information content (AvgIpc) is 2.64. The SMILES string of the molecule is CN=C(NCCCN1CCCC(C(N)=O)C1)NCCN1CCCCC1.I. The van der Waals surface area contributed by atoms with E-state index in [4.69, 9.17) is 5.73 Å². The van der Waals surface area contributed by atoms with Crippen LogP contribution >= 0.6 is 24.0 Å². The summed E-state index contributed by atoms with van der Waals surface area (Å²) in [6, 6.07) is 0. The molecular formula is C18H37IN6O. The Bertz CT molecular complexity index is 428. The van der Waals surface area contributed by atoms with E-state index in [0.29, 0.717) is 0 Å². The molecule has 152 valence electrons. The van der Waals surface area contributed by atoms with Crippen LogP contribution in [-0.4, -0.2) is 81.1 Å². The van der Waals surface area contributed by atoms with Crippen molar-refractivity contribution in [3.63, 3.8) is 0 Å². The monoisotopic (exact) mass is 480 g/mol. The number of likely N-dealkylation sites (tertiary alicyclic amines) is 2. The Morgan fingerprint density at radius 1 is 1.04 bits per heavy atom. The Morgan fingerprint density at radius 2 is 1.73 bits per heavy atom. The van der Waals surface area contributed by atoms with Crippen molar-refractivity contribution in [2.45, 2.75) is 38.5 Å². The molecule has 2 rings (SSSR count). The van der Waals surface area contributed by atoms with Gasteiger partial charge in [0.25, 0.3) is 0 Å². The lowest BCUT2D eigenvalue weighted by Gasteiger charge is -2.31. The van der Waals surface area contributed by atoms with Crippen molar-refractivity contribution in [3.8, 4) is 0 Å². The highest BCUT2D eigenvalue weighted by atomic mass is 127. The molecule has 0 bridgehead atoms. The van der Waals surface area contributed by atoms with Crippen molar-refractivity contribution in [1.29, 1.82) is 0 Å². The standard InChI is InChI=1S/C18H36N6O.HI/c1-20-18(22-9-14-23-10-3-2-4-11-23)21-8-6-13-24-12-5-7-16(15-24)17(19)25;/h16H,2-15H2,1H3,(H2,19,25)(H2,20,21,22);1H. The Morgan fingerprint density at radius 3 is 2.42 bits per heavy atom. The second kappa shape index (κ2) is 13.5. The molecule has 0 aromatic rings. The zero-order valence-electron chi connectivity index (χ0n) is 16.2. The molecule has 0 aromatic carbocycles. The fraction of sp³-hybridized carbons (Fsp3) is 0.889. The number of guanidine groups is 1. The first-order chi connectivity index (χ1) is 12.2. The summed E-state index contributed by atoms with van der Waals surface area (Å²) in [5, 5.41) is 6.78. The van der Waals surface area contributed by atoms with Gasteiger partial charge in [-0.05, 0) is 58.3 Å². The van der Waals surface area contributed by atoms with E-state index in [-0.39, 0.29) is 35.8 Å². The number of halogens is 1. The largest absolute Gasteiger partial charge is 0.369 e. The molecule has 8 heteroatoms. The normalized spacial score (nSPS) is 22.5. The van der Waals surface area contributed by atoms with E-state index < -0.39 is 0 Å². The molecule has 2 heterocycles. The fourth-order valence-corrected chi connectivity index (χ4v) is 3.74. The minimum atomic E-state index is -0.152. The van der Waals surface area contributed by atoms with Crippen molar-refractivity contribution in [2.75, 3.05) is 59.4 Å². The highest BCUT2D eigenvalue weighted by molar-refractivity contribution is 14.0. The molecule has 0 aliphatic carbocycles. The molecule has 1 unspecified atom stereocenters. The first kappa shape index (κ1) is 23.4. The van der Waals surface area contributed by atoms with Gasteiger partial charge in [0, 0.05) is 33.2 Å². The predicted molar refractivity (Wildman–Crippen MR) is 118 cm³/mol. The summed E-state index contributed by atoms with van der Waals surface area (Å²) in [5.74, 6) is 0.762. The molecule has 26 heavy (non-hydrogen) atoms. The van der Waals surface area contributed by atoms with Gasteiger partial charge in [0.1, 0.15) is 0 Å². The highest BCUT2D eigenvalue weighted by Crippen LogP contribution is 2.15.